The molecule has 24 heavy (non-hydrogen) atoms. The predicted molar refractivity (Wildman–Crippen MR) is 89.6 cm³/mol. The molecule has 0 N–H and O–H groups in total. The normalized spacial score (nSPS) is 12.7. The maximum atomic E-state index is 5.73. The highest BCUT2D eigenvalue weighted by molar-refractivity contribution is 5.54. The molecule has 6 heteroatoms. The van der Waals surface area contributed by atoms with Gasteiger partial charge in [-0.25, -0.2) is 0 Å². The Morgan fingerprint density at radius 2 is 1.92 bits per heavy atom. The molecule has 0 radical (unpaired) electrons. The summed E-state index contributed by atoms with van der Waals surface area (Å²) in [6.07, 6.45) is 1.59. The van der Waals surface area contributed by atoms with Gasteiger partial charge in [0.05, 0.1) is 0 Å². The molecular formula is C18H22N4O2. The fourth-order valence-corrected chi connectivity index (χ4v) is 2.47. The topological polar surface area (TPSA) is 77.8 Å². The molecule has 2 heterocycles. The highest BCUT2D eigenvalue weighted by Crippen LogP contribution is 2.25. The van der Waals surface area contributed by atoms with E-state index in [1.807, 2.05) is 32.9 Å². The number of benzene rings is 1. The van der Waals surface area contributed by atoms with Crippen LogP contribution in [0.3, 0.4) is 0 Å². The zero-order chi connectivity index (χ0) is 17.1. The summed E-state index contributed by atoms with van der Waals surface area (Å²) in [6.45, 7) is 8.16. The summed E-state index contributed by atoms with van der Waals surface area (Å²) >= 11 is 0. The van der Waals surface area contributed by atoms with E-state index in [1.54, 1.807) is 0 Å². The van der Waals surface area contributed by atoms with Crippen LogP contribution in [0.5, 0.6) is 0 Å². The summed E-state index contributed by atoms with van der Waals surface area (Å²) in [7, 11) is 0. The van der Waals surface area contributed by atoms with Gasteiger partial charge in [0, 0.05) is 23.8 Å². The predicted octanol–water partition coefficient (Wildman–Crippen LogP) is 4.15. The van der Waals surface area contributed by atoms with Gasteiger partial charge in [-0.05, 0) is 24.1 Å². The van der Waals surface area contributed by atoms with Crippen molar-refractivity contribution in [2.45, 2.75) is 52.4 Å². The molecule has 1 unspecified atom stereocenters. The largest absolute Gasteiger partial charge is 0.420 e. The first-order chi connectivity index (χ1) is 11.6. The Morgan fingerprint density at radius 3 is 2.58 bits per heavy atom. The first-order valence-corrected chi connectivity index (χ1v) is 8.32. The Hall–Kier alpha value is -2.50. The molecular weight excluding hydrogens is 304 g/mol. The second-order valence-corrected chi connectivity index (χ2v) is 6.31. The molecule has 2 aromatic heterocycles. The minimum absolute atomic E-state index is 0.155. The lowest BCUT2D eigenvalue weighted by Gasteiger charge is -2.07. The first kappa shape index (κ1) is 16.4. The zero-order valence-corrected chi connectivity index (χ0v) is 14.5. The van der Waals surface area contributed by atoms with E-state index in [-0.39, 0.29) is 11.8 Å². The molecule has 3 aromatic rings. The molecule has 0 spiro atoms. The first-order valence-electron chi connectivity index (χ1n) is 8.32. The number of nitrogens with zero attached hydrogens (tertiary/aromatic N) is 4. The fourth-order valence-electron chi connectivity index (χ4n) is 2.47. The standard InChI is InChI=1S/C18H22N4O2/c1-5-15-19-17(24-22-15)12(4)9-13-7-6-8-14(10-13)18-21-20-16(23-18)11(2)3/h6-8,10-12H,5,9H2,1-4H3. The van der Waals surface area contributed by atoms with Crippen molar-refractivity contribution in [1.29, 1.82) is 0 Å². The molecule has 6 nitrogen and oxygen atoms in total. The fraction of sp³-hybridized carbons (Fsp3) is 0.444. The highest BCUT2D eigenvalue weighted by Gasteiger charge is 2.16. The van der Waals surface area contributed by atoms with Gasteiger partial charge in [0.25, 0.3) is 0 Å². The third-order valence-corrected chi connectivity index (χ3v) is 3.87. The van der Waals surface area contributed by atoms with Gasteiger partial charge in [0.2, 0.25) is 17.7 Å². The van der Waals surface area contributed by atoms with E-state index in [4.69, 9.17) is 8.94 Å². The SMILES string of the molecule is CCc1noc(C(C)Cc2cccc(-c3nnc(C(C)C)o3)c2)n1. The minimum Gasteiger partial charge on any atom is -0.420 e. The van der Waals surface area contributed by atoms with Crippen LogP contribution < -0.4 is 0 Å². The summed E-state index contributed by atoms with van der Waals surface area (Å²) in [5.41, 5.74) is 2.10. The third-order valence-electron chi connectivity index (χ3n) is 3.87. The maximum Gasteiger partial charge on any atom is 0.247 e. The van der Waals surface area contributed by atoms with E-state index in [1.165, 1.54) is 5.56 Å². The van der Waals surface area contributed by atoms with E-state index >= 15 is 0 Å². The van der Waals surface area contributed by atoms with Gasteiger partial charge in [-0.15, -0.1) is 10.2 Å². The molecule has 1 atom stereocenters. The van der Waals surface area contributed by atoms with Gasteiger partial charge in [-0.3, -0.25) is 0 Å². The molecule has 0 aliphatic carbocycles. The third kappa shape index (κ3) is 3.53. The van der Waals surface area contributed by atoms with Crippen molar-refractivity contribution >= 4 is 0 Å². The van der Waals surface area contributed by atoms with Crippen LogP contribution >= 0.6 is 0 Å². The molecule has 126 valence electrons. The second kappa shape index (κ2) is 6.95. The zero-order valence-electron chi connectivity index (χ0n) is 14.5. The van der Waals surface area contributed by atoms with Crippen LogP contribution in [0.1, 0.15) is 62.7 Å². The summed E-state index contributed by atoms with van der Waals surface area (Å²) < 4.78 is 11.1. The van der Waals surface area contributed by atoms with Gasteiger partial charge >= 0.3 is 0 Å². The summed E-state index contributed by atoms with van der Waals surface area (Å²) in [5.74, 6) is 3.01. The van der Waals surface area contributed by atoms with Crippen LogP contribution in [0.2, 0.25) is 0 Å². The van der Waals surface area contributed by atoms with E-state index in [2.05, 4.69) is 39.4 Å². The van der Waals surface area contributed by atoms with Crippen molar-refractivity contribution in [2.24, 2.45) is 0 Å². The van der Waals surface area contributed by atoms with Gasteiger partial charge in [0.15, 0.2) is 5.82 Å². The van der Waals surface area contributed by atoms with Crippen molar-refractivity contribution in [3.63, 3.8) is 0 Å². The number of hydrogen-bond donors (Lipinski definition) is 0. The summed E-state index contributed by atoms with van der Waals surface area (Å²) in [5, 5.41) is 12.2. The quantitative estimate of drug-likeness (QED) is 0.677. The number of aromatic nitrogens is 4. The highest BCUT2D eigenvalue weighted by atomic mass is 16.5. The average molecular weight is 326 g/mol. The Morgan fingerprint density at radius 1 is 1.08 bits per heavy atom. The molecule has 0 bridgehead atoms. The van der Waals surface area contributed by atoms with Crippen molar-refractivity contribution in [3.05, 3.63) is 47.4 Å². The van der Waals surface area contributed by atoms with E-state index in [9.17, 15) is 0 Å². The molecule has 0 saturated carbocycles. The van der Waals surface area contributed by atoms with Crippen molar-refractivity contribution in [2.75, 3.05) is 0 Å². The summed E-state index contributed by atoms with van der Waals surface area (Å²) in [6, 6.07) is 8.14. The van der Waals surface area contributed by atoms with Crippen molar-refractivity contribution in [1.82, 2.24) is 20.3 Å². The Labute approximate surface area is 141 Å². The average Bonchev–Trinajstić information content (AvgIpc) is 3.24. The Balaban J connectivity index is 1.77. The Kier molecular flexibility index (Phi) is 4.74. The molecule has 0 aliphatic heterocycles. The van der Waals surface area contributed by atoms with Crippen LogP contribution in [0.4, 0.5) is 0 Å². The van der Waals surface area contributed by atoms with E-state index < -0.39 is 0 Å². The lowest BCUT2D eigenvalue weighted by atomic mass is 9.99. The van der Waals surface area contributed by atoms with Crippen LogP contribution in [-0.2, 0) is 12.8 Å². The van der Waals surface area contributed by atoms with Crippen LogP contribution in [-0.4, -0.2) is 20.3 Å². The van der Waals surface area contributed by atoms with E-state index in [0.717, 1.165) is 24.2 Å². The van der Waals surface area contributed by atoms with Gasteiger partial charge < -0.3 is 8.94 Å². The molecule has 0 saturated heterocycles. The Bertz CT molecular complexity index is 807. The van der Waals surface area contributed by atoms with Gasteiger partial charge in [-0.1, -0.05) is 45.0 Å². The molecule has 1 aromatic carbocycles. The molecule has 0 amide bonds. The molecule has 0 aliphatic rings. The second-order valence-electron chi connectivity index (χ2n) is 6.31. The number of hydrogen-bond acceptors (Lipinski definition) is 6. The lowest BCUT2D eigenvalue weighted by Crippen LogP contribution is -1.99. The molecule has 3 rings (SSSR count). The summed E-state index contributed by atoms with van der Waals surface area (Å²) in [4.78, 5) is 4.41. The van der Waals surface area contributed by atoms with E-state index in [0.29, 0.717) is 17.7 Å². The number of rotatable bonds is 6. The van der Waals surface area contributed by atoms with Crippen LogP contribution in [0.15, 0.2) is 33.2 Å². The van der Waals surface area contributed by atoms with Gasteiger partial charge in [-0.2, -0.15) is 4.98 Å². The number of aryl methyl sites for hydroxylation is 1. The van der Waals surface area contributed by atoms with Crippen molar-refractivity contribution in [3.8, 4) is 11.5 Å². The molecule has 0 fully saturated rings. The maximum absolute atomic E-state index is 5.73. The van der Waals surface area contributed by atoms with Crippen LogP contribution in [0, 0.1) is 0 Å². The minimum atomic E-state index is 0.155. The lowest BCUT2D eigenvalue weighted by molar-refractivity contribution is 0.354. The van der Waals surface area contributed by atoms with Crippen LogP contribution in [0.25, 0.3) is 11.5 Å². The van der Waals surface area contributed by atoms with Gasteiger partial charge in [0.1, 0.15) is 0 Å². The van der Waals surface area contributed by atoms with Crippen molar-refractivity contribution < 1.29 is 8.94 Å². The monoisotopic (exact) mass is 326 g/mol. The smallest absolute Gasteiger partial charge is 0.247 e.